The van der Waals surface area contributed by atoms with Crippen LogP contribution in [0.15, 0.2) is 24.3 Å². The maximum Gasteiger partial charge on any atom is 0.451 e. The van der Waals surface area contributed by atoms with E-state index in [0.717, 1.165) is 37.7 Å². The number of nitrogens with zero attached hydrogens (tertiary/aromatic N) is 4. The van der Waals surface area contributed by atoms with Gasteiger partial charge in [0, 0.05) is 35.5 Å². The quantitative estimate of drug-likeness (QED) is 0.607. The van der Waals surface area contributed by atoms with E-state index in [2.05, 4.69) is 28.1 Å². The maximum absolute atomic E-state index is 13.4. The molecule has 2 aromatic rings. The van der Waals surface area contributed by atoms with E-state index < -0.39 is 12.0 Å². The Morgan fingerprint density at radius 2 is 1.88 bits per heavy atom. The first-order chi connectivity index (χ1) is 14.3. The van der Waals surface area contributed by atoms with Gasteiger partial charge in [-0.1, -0.05) is 30.7 Å². The van der Waals surface area contributed by atoms with E-state index in [-0.39, 0.29) is 49.0 Å². The molecule has 0 bridgehead atoms. The minimum Gasteiger partial charge on any atom is -0.330 e. The Bertz CT molecular complexity index is 897. The van der Waals surface area contributed by atoms with Gasteiger partial charge in [-0.25, -0.2) is 0 Å². The third-order valence-corrected chi connectivity index (χ3v) is 7.19. The number of nitrogens with two attached hydrogens (primary N) is 1. The molecule has 0 spiro atoms. The van der Waals surface area contributed by atoms with Crippen molar-refractivity contribution in [3.63, 3.8) is 0 Å². The SMILES string of the molecule is CCC1Cc2nnc(C(F)(F)F)n2CN1C1CCC(CN)(c2cccc(Cl)c2)CC1.Cl.Cl. The van der Waals surface area contributed by atoms with E-state index in [0.29, 0.717) is 23.8 Å². The second-order valence-electron chi connectivity index (χ2n) is 8.51. The smallest absolute Gasteiger partial charge is 0.330 e. The highest BCUT2D eigenvalue weighted by Crippen LogP contribution is 2.42. The third-order valence-electron chi connectivity index (χ3n) is 6.95. The minimum atomic E-state index is -4.50. The lowest BCUT2D eigenvalue weighted by Crippen LogP contribution is -2.52. The zero-order valence-corrected chi connectivity index (χ0v) is 20.2. The van der Waals surface area contributed by atoms with E-state index in [1.165, 1.54) is 4.57 Å². The van der Waals surface area contributed by atoms with Gasteiger partial charge in [0.1, 0.15) is 5.82 Å². The predicted octanol–water partition coefficient (Wildman–Crippen LogP) is 5.23. The summed E-state index contributed by atoms with van der Waals surface area (Å²) in [5.41, 5.74) is 7.24. The van der Waals surface area contributed by atoms with Gasteiger partial charge in [0.25, 0.3) is 0 Å². The molecule has 32 heavy (non-hydrogen) atoms. The van der Waals surface area contributed by atoms with Crippen molar-refractivity contribution in [1.29, 1.82) is 0 Å². The van der Waals surface area contributed by atoms with Crippen molar-refractivity contribution in [3.8, 4) is 0 Å². The molecule has 4 rings (SSSR count). The molecular weight excluding hydrogens is 486 g/mol. The molecule has 2 N–H and O–H groups in total. The second kappa shape index (κ2) is 10.5. The number of aromatic nitrogens is 3. The number of alkyl halides is 3. The average Bonchev–Trinajstić information content (AvgIpc) is 3.16. The van der Waals surface area contributed by atoms with Gasteiger partial charge in [-0.3, -0.25) is 9.47 Å². The van der Waals surface area contributed by atoms with Gasteiger partial charge in [0.15, 0.2) is 0 Å². The van der Waals surface area contributed by atoms with E-state index in [9.17, 15) is 13.2 Å². The fourth-order valence-electron chi connectivity index (χ4n) is 5.16. The fourth-order valence-corrected chi connectivity index (χ4v) is 5.35. The van der Waals surface area contributed by atoms with Crippen LogP contribution in [0.3, 0.4) is 0 Å². The Morgan fingerprint density at radius 1 is 1.19 bits per heavy atom. The van der Waals surface area contributed by atoms with E-state index in [1.54, 1.807) is 0 Å². The van der Waals surface area contributed by atoms with Crippen LogP contribution in [0.2, 0.25) is 5.02 Å². The van der Waals surface area contributed by atoms with Crippen molar-refractivity contribution in [1.82, 2.24) is 19.7 Å². The number of rotatable bonds is 4. The van der Waals surface area contributed by atoms with Gasteiger partial charge in [-0.2, -0.15) is 13.2 Å². The van der Waals surface area contributed by atoms with Crippen LogP contribution in [-0.4, -0.2) is 38.3 Å². The highest BCUT2D eigenvalue weighted by Gasteiger charge is 2.44. The zero-order chi connectivity index (χ0) is 21.5. The molecule has 2 heterocycles. The zero-order valence-electron chi connectivity index (χ0n) is 17.8. The van der Waals surface area contributed by atoms with Gasteiger partial charge in [-0.15, -0.1) is 35.0 Å². The lowest BCUT2D eigenvalue weighted by Gasteiger charge is -2.47. The summed E-state index contributed by atoms with van der Waals surface area (Å²) in [4.78, 5) is 2.23. The van der Waals surface area contributed by atoms with Crippen LogP contribution in [0.1, 0.15) is 56.2 Å². The minimum absolute atomic E-state index is 0. The maximum atomic E-state index is 13.4. The molecule has 0 amide bonds. The molecule has 11 heteroatoms. The molecule has 1 aromatic carbocycles. The van der Waals surface area contributed by atoms with Gasteiger partial charge in [0.05, 0.1) is 6.67 Å². The lowest BCUT2D eigenvalue weighted by molar-refractivity contribution is -0.149. The monoisotopic (exact) mass is 513 g/mol. The highest BCUT2D eigenvalue weighted by atomic mass is 35.5. The van der Waals surface area contributed by atoms with Crippen molar-refractivity contribution < 1.29 is 13.2 Å². The molecule has 0 saturated heterocycles. The summed E-state index contributed by atoms with van der Waals surface area (Å²) in [5.74, 6) is -0.473. The number of fused-ring (bicyclic) bond motifs is 1. The van der Waals surface area contributed by atoms with E-state index in [4.69, 9.17) is 17.3 Å². The number of hydrogen-bond acceptors (Lipinski definition) is 4. The van der Waals surface area contributed by atoms with Crippen LogP contribution in [0.5, 0.6) is 0 Å². The molecule has 180 valence electrons. The topological polar surface area (TPSA) is 60.0 Å². The summed E-state index contributed by atoms with van der Waals surface area (Å²) in [6, 6.07) is 8.26. The van der Waals surface area contributed by atoms with E-state index in [1.807, 2.05) is 18.2 Å². The molecule has 1 aliphatic heterocycles. The Labute approximate surface area is 203 Å². The molecular formula is C21H29Cl3F3N5. The standard InChI is InChI=1S/C21H27ClF3N5.2ClH/c1-2-16-11-18-27-28-19(21(23,24)25)30(18)13-29(16)17-6-8-20(12-26,9-7-17)14-4-3-5-15(22)10-14;;/h3-5,10,16-17H,2,6-9,11-13,26H2,1H3;2*1H. The summed E-state index contributed by atoms with van der Waals surface area (Å²) in [5, 5.41) is 7.95. The Hall–Kier alpha value is -1.06. The highest BCUT2D eigenvalue weighted by molar-refractivity contribution is 6.30. The van der Waals surface area contributed by atoms with Gasteiger partial charge < -0.3 is 5.73 Å². The summed E-state index contributed by atoms with van der Waals surface area (Å²) < 4.78 is 41.3. The van der Waals surface area contributed by atoms with Crippen LogP contribution in [0.4, 0.5) is 13.2 Å². The van der Waals surface area contributed by atoms with Crippen LogP contribution < -0.4 is 5.73 Å². The summed E-state index contributed by atoms with van der Waals surface area (Å²) in [6.07, 6.45) is 0.417. The Morgan fingerprint density at radius 3 is 2.44 bits per heavy atom. The van der Waals surface area contributed by atoms with Gasteiger partial charge >= 0.3 is 6.18 Å². The molecule has 2 aliphatic rings. The summed E-state index contributed by atoms with van der Waals surface area (Å²) in [7, 11) is 0. The Balaban J connectivity index is 0.00000181. The van der Waals surface area contributed by atoms with Gasteiger partial charge in [0.2, 0.25) is 5.82 Å². The molecule has 1 saturated carbocycles. The third kappa shape index (κ3) is 5.04. The van der Waals surface area contributed by atoms with E-state index >= 15 is 0 Å². The largest absolute Gasteiger partial charge is 0.451 e. The normalized spacial score (nSPS) is 26.1. The van der Waals surface area contributed by atoms with Crippen molar-refractivity contribution in [2.45, 2.75) is 75.8 Å². The van der Waals surface area contributed by atoms with Crippen molar-refractivity contribution in [2.24, 2.45) is 5.73 Å². The van der Waals surface area contributed by atoms with Crippen molar-refractivity contribution in [3.05, 3.63) is 46.5 Å². The number of benzene rings is 1. The fraction of sp³-hybridized carbons (Fsp3) is 0.619. The van der Waals surface area contributed by atoms with Crippen LogP contribution >= 0.6 is 36.4 Å². The first-order valence-corrected chi connectivity index (χ1v) is 10.9. The van der Waals surface area contributed by atoms with Crippen LogP contribution in [0.25, 0.3) is 0 Å². The molecule has 1 aliphatic carbocycles. The first kappa shape index (κ1) is 27.2. The second-order valence-corrected chi connectivity index (χ2v) is 8.95. The lowest BCUT2D eigenvalue weighted by atomic mass is 9.68. The summed E-state index contributed by atoms with van der Waals surface area (Å²) >= 11 is 6.20. The van der Waals surface area contributed by atoms with Gasteiger partial charge in [-0.05, 0) is 49.8 Å². The molecule has 1 aromatic heterocycles. The van der Waals surface area contributed by atoms with Crippen LogP contribution in [0, 0.1) is 0 Å². The van der Waals surface area contributed by atoms with Crippen LogP contribution in [-0.2, 0) is 24.7 Å². The average molecular weight is 515 g/mol. The Kier molecular flexibility index (Phi) is 8.89. The van der Waals surface area contributed by atoms with Crippen molar-refractivity contribution >= 4 is 36.4 Å². The summed E-state index contributed by atoms with van der Waals surface area (Å²) in [6.45, 7) is 2.80. The molecule has 1 atom stereocenters. The first-order valence-electron chi connectivity index (χ1n) is 10.5. The number of hydrogen-bond donors (Lipinski definition) is 1. The molecule has 1 fully saturated rings. The number of halogens is 6. The molecule has 5 nitrogen and oxygen atoms in total. The predicted molar refractivity (Wildman–Crippen MR) is 124 cm³/mol. The molecule has 0 radical (unpaired) electrons. The molecule has 1 unspecified atom stereocenters. The van der Waals surface area contributed by atoms with Crippen molar-refractivity contribution in [2.75, 3.05) is 6.54 Å².